The van der Waals surface area contributed by atoms with Crippen LogP contribution in [0, 0.1) is 0 Å². The number of carbonyl (C=O) groups excluding carboxylic acids is 2. The minimum Gasteiger partial charge on any atom is -0.466 e. The van der Waals surface area contributed by atoms with E-state index in [-0.39, 0.29) is 18.3 Å². The molecular weight excluding hydrogens is 236 g/mol. The van der Waals surface area contributed by atoms with E-state index in [1.807, 2.05) is 0 Å². The van der Waals surface area contributed by atoms with Crippen molar-refractivity contribution in [2.24, 2.45) is 5.11 Å². The highest BCUT2D eigenvalue weighted by atomic mass is 16.5. The van der Waals surface area contributed by atoms with Gasteiger partial charge in [-0.25, -0.2) is 0 Å². The van der Waals surface area contributed by atoms with Crippen molar-refractivity contribution in [3.05, 3.63) is 10.4 Å². The molecule has 0 radical (unpaired) electrons. The molecule has 0 aliphatic carbocycles. The zero-order valence-corrected chi connectivity index (χ0v) is 11.1. The molecule has 102 valence electrons. The van der Waals surface area contributed by atoms with Crippen LogP contribution in [-0.2, 0) is 14.3 Å². The van der Waals surface area contributed by atoms with Gasteiger partial charge in [-0.15, -0.1) is 0 Å². The Morgan fingerprint density at radius 2 is 2.17 bits per heavy atom. The van der Waals surface area contributed by atoms with Crippen molar-refractivity contribution in [3.8, 4) is 0 Å². The van der Waals surface area contributed by atoms with E-state index in [4.69, 9.17) is 10.3 Å². The van der Waals surface area contributed by atoms with Gasteiger partial charge in [-0.3, -0.25) is 9.59 Å². The molecule has 0 rings (SSSR count). The molecule has 1 atom stereocenters. The quantitative estimate of drug-likeness (QED) is 0.236. The molecule has 0 aliphatic heterocycles. The van der Waals surface area contributed by atoms with Crippen molar-refractivity contribution >= 4 is 11.9 Å². The first-order chi connectivity index (χ1) is 8.43. The Bertz CT molecular complexity index is 339. The fourth-order valence-electron chi connectivity index (χ4n) is 1.74. The zero-order chi connectivity index (χ0) is 14.0. The third-order valence-corrected chi connectivity index (χ3v) is 2.37. The van der Waals surface area contributed by atoms with Crippen molar-refractivity contribution in [1.29, 1.82) is 0 Å². The minimum atomic E-state index is -0.664. The van der Waals surface area contributed by atoms with Crippen LogP contribution in [-0.4, -0.2) is 30.6 Å². The Morgan fingerprint density at radius 1 is 1.50 bits per heavy atom. The van der Waals surface area contributed by atoms with Crippen molar-refractivity contribution in [1.82, 2.24) is 5.32 Å². The van der Waals surface area contributed by atoms with Crippen molar-refractivity contribution < 1.29 is 14.3 Å². The fraction of sp³-hybridized carbons (Fsp3) is 0.818. The van der Waals surface area contributed by atoms with Crippen LogP contribution in [0.4, 0.5) is 0 Å². The Balaban J connectivity index is 4.45. The Morgan fingerprint density at radius 3 is 2.67 bits per heavy atom. The van der Waals surface area contributed by atoms with Crippen LogP contribution >= 0.6 is 0 Å². The summed E-state index contributed by atoms with van der Waals surface area (Å²) >= 11 is 0. The predicted octanol–water partition coefficient (Wildman–Crippen LogP) is 1.92. The van der Waals surface area contributed by atoms with Crippen LogP contribution in [0.2, 0.25) is 0 Å². The highest BCUT2D eigenvalue weighted by molar-refractivity contribution is 5.76. The van der Waals surface area contributed by atoms with Gasteiger partial charge in [-0.05, 0) is 32.2 Å². The maximum absolute atomic E-state index is 11.5. The smallest absolute Gasteiger partial charge is 0.308 e. The lowest BCUT2D eigenvalue weighted by molar-refractivity contribution is -0.145. The van der Waals surface area contributed by atoms with Crippen molar-refractivity contribution in [2.45, 2.75) is 45.6 Å². The highest BCUT2D eigenvalue weighted by Gasteiger charge is 2.28. The van der Waals surface area contributed by atoms with Gasteiger partial charge < -0.3 is 10.1 Å². The van der Waals surface area contributed by atoms with E-state index < -0.39 is 5.54 Å². The van der Waals surface area contributed by atoms with Crippen LogP contribution < -0.4 is 5.32 Å². The van der Waals surface area contributed by atoms with Gasteiger partial charge in [0.2, 0.25) is 5.91 Å². The van der Waals surface area contributed by atoms with Gasteiger partial charge in [0.25, 0.3) is 0 Å². The number of carbonyl (C=O) groups is 2. The van der Waals surface area contributed by atoms with Gasteiger partial charge in [0, 0.05) is 23.9 Å². The molecule has 0 aliphatic rings. The van der Waals surface area contributed by atoms with Gasteiger partial charge >= 0.3 is 5.97 Å². The number of esters is 1. The first-order valence-corrected chi connectivity index (χ1v) is 5.89. The van der Waals surface area contributed by atoms with Crippen LogP contribution in [0.15, 0.2) is 5.11 Å². The second kappa shape index (κ2) is 8.36. The summed E-state index contributed by atoms with van der Waals surface area (Å²) in [5.41, 5.74) is 7.51. The number of nitrogens with zero attached hydrogens (tertiary/aromatic N) is 3. The van der Waals surface area contributed by atoms with Crippen LogP contribution in [0.25, 0.3) is 10.4 Å². The molecule has 0 heterocycles. The summed E-state index contributed by atoms with van der Waals surface area (Å²) in [4.78, 5) is 25.3. The monoisotopic (exact) mass is 256 g/mol. The van der Waals surface area contributed by atoms with E-state index in [0.717, 1.165) is 0 Å². The number of ether oxygens (including phenoxy) is 1. The van der Waals surface area contributed by atoms with E-state index in [0.29, 0.717) is 26.0 Å². The van der Waals surface area contributed by atoms with Gasteiger partial charge in [0.05, 0.1) is 13.0 Å². The molecule has 0 aromatic heterocycles. The van der Waals surface area contributed by atoms with E-state index in [2.05, 4.69) is 15.3 Å². The van der Waals surface area contributed by atoms with Crippen LogP contribution in [0.3, 0.4) is 0 Å². The summed E-state index contributed by atoms with van der Waals surface area (Å²) < 4.78 is 4.87. The molecule has 0 bridgehead atoms. The van der Waals surface area contributed by atoms with Gasteiger partial charge in [-0.2, -0.15) is 0 Å². The number of amides is 1. The maximum Gasteiger partial charge on any atom is 0.308 e. The first kappa shape index (κ1) is 16.2. The predicted molar refractivity (Wildman–Crippen MR) is 66.7 cm³/mol. The molecule has 1 amide bonds. The largest absolute Gasteiger partial charge is 0.466 e. The molecule has 1 unspecified atom stereocenters. The van der Waals surface area contributed by atoms with Gasteiger partial charge in [0.1, 0.15) is 0 Å². The number of azide groups is 1. The lowest BCUT2D eigenvalue weighted by Crippen LogP contribution is -2.47. The summed E-state index contributed by atoms with van der Waals surface area (Å²) in [6.45, 7) is 5.57. The summed E-state index contributed by atoms with van der Waals surface area (Å²) in [5, 5.41) is 6.17. The number of hydrogen-bond donors (Lipinski definition) is 1. The first-order valence-electron chi connectivity index (χ1n) is 5.89. The Labute approximate surface area is 107 Å². The average Bonchev–Trinajstić information content (AvgIpc) is 2.23. The second-order valence-electron chi connectivity index (χ2n) is 4.28. The standard InChI is InChI=1S/C11H20N4O3/c1-4-18-10(17)8-11(3,14-9(2)16)6-5-7-13-15-12/h4-8H2,1-3H3,(H,14,16). The Kier molecular flexibility index (Phi) is 7.54. The second-order valence-corrected chi connectivity index (χ2v) is 4.28. The summed E-state index contributed by atoms with van der Waals surface area (Å²) in [6, 6.07) is 0. The van der Waals surface area contributed by atoms with Crippen LogP contribution in [0.1, 0.15) is 40.0 Å². The van der Waals surface area contributed by atoms with Gasteiger partial charge in [-0.1, -0.05) is 5.11 Å². The molecule has 0 aromatic rings. The molecular formula is C11H20N4O3. The van der Waals surface area contributed by atoms with Crippen LogP contribution in [0.5, 0.6) is 0 Å². The third kappa shape index (κ3) is 7.51. The van der Waals surface area contributed by atoms with Crippen molar-refractivity contribution in [3.63, 3.8) is 0 Å². The molecule has 0 saturated carbocycles. The average molecular weight is 256 g/mol. The summed E-state index contributed by atoms with van der Waals surface area (Å²) in [6.07, 6.45) is 1.25. The summed E-state index contributed by atoms with van der Waals surface area (Å²) in [7, 11) is 0. The number of nitrogens with one attached hydrogen (secondary N) is 1. The molecule has 18 heavy (non-hydrogen) atoms. The topological polar surface area (TPSA) is 104 Å². The third-order valence-electron chi connectivity index (χ3n) is 2.37. The number of hydrogen-bond acceptors (Lipinski definition) is 4. The molecule has 7 nitrogen and oxygen atoms in total. The van der Waals surface area contributed by atoms with Gasteiger partial charge in [0.15, 0.2) is 0 Å². The zero-order valence-electron chi connectivity index (χ0n) is 11.1. The maximum atomic E-state index is 11.5. The van der Waals surface area contributed by atoms with E-state index in [1.54, 1.807) is 13.8 Å². The van der Waals surface area contributed by atoms with E-state index >= 15 is 0 Å². The Hall–Kier alpha value is -1.75. The lowest BCUT2D eigenvalue weighted by Gasteiger charge is -2.29. The minimum absolute atomic E-state index is 0.108. The molecule has 0 aromatic carbocycles. The normalized spacial score (nSPS) is 13.1. The molecule has 0 saturated heterocycles. The molecule has 0 spiro atoms. The van der Waals surface area contributed by atoms with E-state index in [1.165, 1.54) is 6.92 Å². The lowest BCUT2D eigenvalue weighted by atomic mass is 9.91. The fourth-order valence-corrected chi connectivity index (χ4v) is 1.74. The van der Waals surface area contributed by atoms with E-state index in [9.17, 15) is 9.59 Å². The molecule has 7 heteroatoms. The molecule has 0 fully saturated rings. The highest BCUT2D eigenvalue weighted by Crippen LogP contribution is 2.18. The summed E-state index contributed by atoms with van der Waals surface area (Å²) in [5.74, 6) is -0.553. The molecule has 1 N–H and O–H groups in total. The SMILES string of the molecule is CCOC(=O)CC(C)(CCCN=[N+]=[N-])NC(C)=O. The number of rotatable bonds is 8. The van der Waals surface area contributed by atoms with Crippen molar-refractivity contribution in [2.75, 3.05) is 13.2 Å².